The third-order valence-electron chi connectivity index (χ3n) is 5.90. The highest BCUT2D eigenvalue weighted by molar-refractivity contribution is 7.18. The zero-order valence-corrected chi connectivity index (χ0v) is 16.5. The molecule has 2 aliphatic rings. The van der Waals surface area contributed by atoms with Gasteiger partial charge in [-0.2, -0.15) is 0 Å². The Hall–Kier alpha value is -1.98. The fourth-order valence-corrected chi connectivity index (χ4v) is 5.67. The summed E-state index contributed by atoms with van der Waals surface area (Å²) in [4.78, 5) is 17.2. The predicted molar refractivity (Wildman–Crippen MR) is 113 cm³/mol. The lowest BCUT2D eigenvalue weighted by Gasteiger charge is -2.35. The Labute approximate surface area is 164 Å². The van der Waals surface area contributed by atoms with Crippen molar-refractivity contribution >= 4 is 27.4 Å². The van der Waals surface area contributed by atoms with Crippen LogP contribution in [-0.4, -0.2) is 41.0 Å². The molecule has 1 saturated heterocycles. The van der Waals surface area contributed by atoms with E-state index in [1.807, 2.05) is 11.3 Å². The standard InChI is InChI=1S/C22H26N4S/c1-3-7-17(8-4-1)15-25-11-13-26(14-12-25)21-20-18-9-5-2-6-10-19(18)27-22(20)24-16-23-21/h1,3-4,7-8,16H,2,5-6,9-15H2. The van der Waals surface area contributed by atoms with Gasteiger partial charge in [0, 0.05) is 37.6 Å². The van der Waals surface area contributed by atoms with Crippen molar-refractivity contribution in [2.75, 3.05) is 31.1 Å². The number of benzene rings is 1. The van der Waals surface area contributed by atoms with Gasteiger partial charge in [-0.25, -0.2) is 9.97 Å². The molecule has 1 aliphatic carbocycles. The van der Waals surface area contributed by atoms with E-state index in [0.717, 1.165) is 32.7 Å². The minimum absolute atomic E-state index is 1.04. The maximum Gasteiger partial charge on any atom is 0.141 e. The monoisotopic (exact) mass is 378 g/mol. The number of fused-ring (bicyclic) bond motifs is 3. The number of anilines is 1. The third kappa shape index (κ3) is 3.46. The molecule has 0 amide bonds. The summed E-state index contributed by atoms with van der Waals surface area (Å²) in [6.07, 6.45) is 8.16. The molecule has 0 radical (unpaired) electrons. The van der Waals surface area contributed by atoms with Crippen LogP contribution in [0.25, 0.3) is 10.2 Å². The van der Waals surface area contributed by atoms with Gasteiger partial charge in [-0.15, -0.1) is 11.3 Å². The summed E-state index contributed by atoms with van der Waals surface area (Å²) in [5, 5.41) is 1.36. The van der Waals surface area contributed by atoms with Crippen LogP contribution in [0.2, 0.25) is 0 Å². The zero-order chi connectivity index (χ0) is 18.1. The minimum Gasteiger partial charge on any atom is -0.353 e. The lowest BCUT2D eigenvalue weighted by atomic mass is 10.1. The van der Waals surface area contributed by atoms with E-state index in [4.69, 9.17) is 4.98 Å². The normalized spacial score (nSPS) is 18.4. The van der Waals surface area contributed by atoms with Crippen LogP contribution in [0.1, 0.15) is 35.3 Å². The molecule has 1 fully saturated rings. The van der Waals surface area contributed by atoms with Gasteiger partial charge in [-0.05, 0) is 36.8 Å². The van der Waals surface area contributed by atoms with Gasteiger partial charge in [0.25, 0.3) is 0 Å². The first kappa shape index (κ1) is 17.1. The Kier molecular flexibility index (Phi) is 4.80. The molecule has 27 heavy (non-hydrogen) atoms. The Morgan fingerprint density at radius 3 is 2.56 bits per heavy atom. The molecule has 140 valence electrons. The molecule has 0 atom stereocenters. The molecular weight excluding hydrogens is 352 g/mol. The van der Waals surface area contributed by atoms with Crippen LogP contribution in [-0.2, 0) is 19.4 Å². The summed E-state index contributed by atoms with van der Waals surface area (Å²) in [5.41, 5.74) is 2.95. The second kappa shape index (κ2) is 7.56. The molecule has 0 saturated carbocycles. The number of aryl methyl sites for hydroxylation is 2. The van der Waals surface area contributed by atoms with Gasteiger partial charge in [-0.1, -0.05) is 36.8 Å². The third-order valence-corrected chi connectivity index (χ3v) is 7.10. The van der Waals surface area contributed by atoms with Crippen molar-refractivity contribution in [3.05, 3.63) is 52.7 Å². The number of thiophene rings is 1. The highest BCUT2D eigenvalue weighted by Gasteiger charge is 2.24. The van der Waals surface area contributed by atoms with E-state index in [9.17, 15) is 0 Å². The van der Waals surface area contributed by atoms with E-state index < -0.39 is 0 Å². The van der Waals surface area contributed by atoms with Crippen LogP contribution in [0.4, 0.5) is 5.82 Å². The molecule has 0 N–H and O–H groups in total. The summed E-state index contributed by atoms with van der Waals surface area (Å²) in [6, 6.07) is 10.8. The van der Waals surface area contributed by atoms with Crippen molar-refractivity contribution in [3.8, 4) is 0 Å². The van der Waals surface area contributed by atoms with Crippen LogP contribution >= 0.6 is 11.3 Å². The van der Waals surface area contributed by atoms with Crippen LogP contribution in [0.15, 0.2) is 36.7 Å². The predicted octanol–water partition coefficient (Wildman–Crippen LogP) is 4.28. The Bertz CT molecular complexity index is 913. The number of aromatic nitrogens is 2. The van der Waals surface area contributed by atoms with Crippen LogP contribution in [0.3, 0.4) is 0 Å². The maximum absolute atomic E-state index is 4.75. The first-order valence-corrected chi connectivity index (χ1v) is 11.0. The molecule has 0 bridgehead atoms. The molecule has 5 heteroatoms. The smallest absolute Gasteiger partial charge is 0.141 e. The molecule has 1 aromatic carbocycles. The van der Waals surface area contributed by atoms with Crippen molar-refractivity contribution in [3.63, 3.8) is 0 Å². The fourth-order valence-electron chi connectivity index (χ4n) is 4.45. The Morgan fingerprint density at radius 2 is 1.70 bits per heavy atom. The van der Waals surface area contributed by atoms with Gasteiger partial charge in [0.2, 0.25) is 0 Å². The van der Waals surface area contributed by atoms with E-state index >= 15 is 0 Å². The van der Waals surface area contributed by atoms with Crippen molar-refractivity contribution in [2.24, 2.45) is 0 Å². The second-order valence-electron chi connectivity index (χ2n) is 7.69. The van der Waals surface area contributed by atoms with Crippen molar-refractivity contribution < 1.29 is 0 Å². The SMILES string of the molecule is c1ccc(CN2CCN(c3ncnc4sc5c(c34)CCCCC5)CC2)cc1. The summed E-state index contributed by atoms with van der Waals surface area (Å²) in [7, 11) is 0. The van der Waals surface area contributed by atoms with E-state index in [1.54, 1.807) is 16.8 Å². The van der Waals surface area contributed by atoms with E-state index in [-0.39, 0.29) is 0 Å². The number of rotatable bonds is 3. The molecule has 3 heterocycles. The number of piperazine rings is 1. The summed E-state index contributed by atoms with van der Waals surface area (Å²) >= 11 is 1.91. The second-order valence-corrected chi connectivity index (χ2v) is 8.77. The summed E-state index contributed by atoms with van der Waals surface area (Å²) in [5.74, 6) is 1.18. The topological polar surface area (TPSA) is 32.3 Å². The molecular formula is C22H26N4S. The van der Waals surface area contributed by atoms with Crippen molar-refractivity contribution in [1.82, 2.24) is 14.9 Å². The summed E-state index contributed by atoms with van der Waals surface area (Å²) < 4.78 is 0. The van der Waals surface area contributed by atoms with Gasteiger partial charge in [-0.3, -0.25) is 4.90 Å². The summed E-state index contributed by atoms with van der Waals surface area (Å²) in [6.45, 7) is 5.31. The van der Waals surface area contributed by atoms with E-state index in [1.165, 1.54) is 53.7 Å². The quantitative estimate of drug-likeness (QED) is 0.637. The number of hydrogen-bond acceptors (Lipinski definition) is 5. The number of hydrogen-bond donors (Lipinski definition) is 0. The maximum atomic E-state index is 4.75. The molecule has 3 aromatic rings. The van der Waals surface area contributed by atoms with Crippen molar-refractivity contribution in [2.45, 2.75) is 38.6 Å². The first-order valence-electron chi connectivity index (χ1n) is 10.1. The molecule has 2 aromatic heterocycles. The lowest BCUT2D eigenvalue weighted by molar-refractivity contribution is 0.249. The molecule has 4 nitrogen and oxygen atoms in total. The number of nitrogens with zero attached hydrogens (tertiary/aromatic N) is 4. The average molecular weight is 379 g/mol. The largest absolute Gasteiger partial charge is 0.353 e. The van der Waals surface area contributed by atoms with Gasteiger partial charge in [0.1, 0.15) is 17.0 Å². The minimum atomic E-state index is 1.04. The van der Waals surface area contributed by atoms with Gasteiger partial charge in [0.15, 0.2) is 0 Å². The Balaban J connectivity index is 1.36. The lowest BCUT2D eigenvalue weighted by Crippen LogP contribution is -2.46. The molecule has 0 spiro atoms. The highest BCUT2D eigenvalue weighted by Crippen LogP contribution is 2.38. The van der Waals surface area contributed by atoms with E-state index in [0.29, 0.717) is 0 Å². The van der Waals surface area contributed by atoms with Crippen LogP contribution < -0.4 is 4.90 Å². The Morgan fingerprint density at radius 1 is 0.889 bits per heavy atom. The zero-order valence-electron chi connectivity index (χ0n) is 15.7. The van der Waals surface area contributed by atoms with Crippen molar-refractivity contribution in [1.29, 1.82) is 0 Å². The highest BCUT2D eigenvalue weighted by atomic mass is 32.1. The van der Waals surface area contributed by atoms with Crippen LogP contribution in [0, 0.1) is 0 Å². The fraction of sp³-hybridized carbons (Fsp3) is 0.455. The van der Waals surface area contributed by atoms with Crippen LogP contribution in [0.5, 0.6) is 0 Å². The van der Waals surface area contributed by atoms with E-state index in [2.05, 4.69) is 45.1 Å². The first-order chi connectivity index (χ1) is 13.4. The van der Waals surface area contributed by atoms with Gasteiger partial charge < -0.3 is 4.90 Å². The van der Waals surface area contributed by atoms with Gasteiger partial charge >= 0.3 is 0 Å². The average Bonchev–Trinajstić information content (AvgIpc) is 2.91. The molecule has 1 aliphatic heterocycles. The molecule has 0 unspecified atom stereocenters. The molecule has 5 rings (SSSR count). The van der Waals surface area contributed by atoms with Gasteiger partial charge in [0.05, 0.1) is 5.39 Å².